The molecule has 1 aromatic rings. The molecule has 8 heteroatoms. The van der Waals surface area contributed by atoms with Crippen LogP contribution < -0.4 is 0 Å². The molecule has 0 heterocycles. The van der Waals surface area contributed by atoms with E-state index in [2.05, 4.69) is 0 Å². The van der Waals surface area contributed by atoms with Crippen LogP contribution in [0.1, 0.15) is 85.6 Å². The predicted octanol–water partition coefficient (Wildman–Crippen LogP) is 6.56. The summed E-state index contributed by atoms with van der Waals surface area (Å²) in [7, 11) is 0. The molecule has 0 amide bonds. The van der Waals surface area contributed by atoms with E-state index in [1.54, 1.807) is 13.8 Å². The third-order valence-corrected chi connectivity index (χ3v) is 6.25. The van der Waals surface area contributed by atoms with E-state index in [1.807, 2.05) is 58.0 Å². The van der Waals surface area contributed by atoms with Gasteiger partial charge in [0.15, 0.2) is 0 Å². The standard InChI is InChI=1S/C19H26O4.C15H24O4/c1-14(2)12-22-18(20)11-17(19(21)23-13-15(3)4)10-16-8-6-5-7-9-16;1-3-18-14(16)11-13(15(17)19-4-2)10-12-8-6-5-7-9-12/h5-9,11,14-15H,10,12-13H2,1-4H3;11-12H,3-10H2,1-2H3. The molecule has 0 bridgehead atoms. The molecular weight excluding hydrogens is 536 g/mol. The average molecular weight is 587 g/mol. The topological polar surface area (TPSA) is 105 Å². The van der Waals surface area contributed by atoms with Crippen LogP contribution in [0.3, 0.4) is 0 Å². The van der Waals surface area contributed by atoms with Gasteiger partial charge in [0, 0.05) is 29.7 Å². The Balaban J connectivity index is 0.000000428. The van der Waals surface area contributed by atoms with Crippen molar-refractivity contribution in [1.29, 1.82) is 0 Å². The Kier molecular flexibility index (Phi) is 18.6. The molecule has 0 aromatic heterocycles. The van der Waals surface area contributed by atoms with Crippen molar-refractivity contribution in [3.8, 4) is 0 Å². The molecule has 0 spiro atoms. The van der Waals surface area contributed by atoms with Gasteiger partial charge in [0.2, 0.25) is 0 Å². The van der Waals surface area contributed by atoms with Crippen LogP contribution >= 0.6 is 0 Å². The largest absolute Gasteiger partial charge is 0.463 e. The van der Waals surface area contributed by atoms with E-state index < -0.39 is 17.9 Å². The van der Waals surface area contributed by atoms with E-state index in [0.717, 1.165) is 18.4 Å². The van der Waals surface area contributed by atoms with Crippen LogP contribution in [0.15, 0.2) is 53.6 Å². The van der Waals surface area contributed by atoms with Crippen LogP contribution in [-0.2, 0) is 44.5 Å². The van der Waals surface area contributed by atoms with Crippen LogP contribution in [0.4, 0.5) is 0 Å². The molecule has 0 radical (unpaired) electrons. The highest BCUT2D eigenvalue weighted by Crippen LogP contribution is 2.29. The van der Waals surface area contributed by atoms with E-state index in [9.17, 15) is 19.2 Å². The second kappa shape index (κ2) is 21.3. The second-order valence-electron chi connectivity index (χ2n) is 11.2. The Morgan fingerprint density at radius 1 is 0.714 bits per heavy atom. The Labute approximate surface area is 251 Å². The fourth-order valence-electron chi connectivity index (χ4n) is 4.22. The average Bonchev–Trinajstić information content (AvgIpc) is 2.96. The van der Waals surface area contributed by atoms with Crippen LogP contribution in [0, 0.1) is 17.8 Å². The Bertz CT molecular complexity index is 1020. The van der Waals surface area contributed by atoms with Crippen molar-refractivity contribution in [3.63, 3.8) is 0 Å². The van der Waals surface area contributed by atoms with Gasteiger partial charge in [-0.2, -0.15) is 0 Å². The normalized spacial score (nSPS) is 14.1. The van der Waals surface area contributed by atoms with Gasteiger partial charge in [-0.1, -0.05) is 90.1 Å². The minimum absolute atomic E-state index is 0.241. The lowest BCUT2D eigenvalue weighted by atomic mass is 9.84. The molecule has 2 rings (SSSR count). The number of hydrogen-bond acceptors (Lipinski definition) is 8. The van der Waals surface area contributed by atoms with E-state index >= 15 is 0 Å². The number of ether oxygens (including phenoxy) is 4. The fourth-order valence-corrected chi connectivity index (χ4v) is 4.22. The maximum absolute atomic E-state index is 12.2. The maximum atomic E-state index is 12.2. The number of hydrogen-bond donors (Lipinski definition) is 0. The van der Waals surface area contributed by atoms with Crippen molar-refractivity contribution in [2.24, 2.45) is 17.8 Å². The van der Waals surface area contributed by atoms with Gasteiger partial charge in [0.1, 0.15) is 0 Å². The molecule has 0 N–H and O–H groups in total. The van der Waals surface area contributed by atoms with Gasteiger partial charge in [0.05, 0.1) is 26.4 Å². The summed E-state index contributed by atoms with van der Waals surface area (Å²) in [5, 5.41) is 0. The van der Waals surface area contributed by atoms with E-state index in [4.69, 9.17) is 18.9 Å². The van der Waals surface area contributed by atoms with Crippen LogP contribution in [0.2, 0.25) is 0 Å². The van der Waals surface area contributed by atoms with Crippen molar-refractivity contribution in [1.82, 2.24) is 0 Å². The second-order valence-corrected chi connectivity index (χ2v) is 11.2. The van der Waals surface area contributed by atoms with Crippen LogP contribution in [-0.4, -0.2) is 50.3 Å². The molecule has 0 unspecified atom stereocenters. The summed E-state index contributed by atoms with van der Waals surface area (Å²) in [6.07, 6.45) is 9.45. The molecule has 8 nitrogen and oxygen atoms in total. The van der Waals surface area contributed by atoms with E-state index in [1.165, 1.54) is 31.4 Å². The molecule has 0 atom stereocenters. The number of benzene rings is 1. The summed E-state index contributed by atoms with van der Waals surface area (Å²) in [4.78, 5) is 47.5. The molecular formula is C34H50O8. The molecule has 234 valence electrons. The monoisotopic (exact) mass is 586 g/mol. The fraction of sp³-hybridized carbons (Fsp3) is 0.588. The van der Waals surface area contributed by atoms with E-state index in [0.29, 0.717) is 56.3 Å². The van der Waals surface area contributed by atoms with Gasteiger partial charge in [-0.05, 0) is 43.6 Å². The molecule has 0 aliphatic heterocycles. The predicted molar refractivity (Wildman–Crippen MR) is 162 cm³/mol. The highest BCUT2D eigenvalue weighted by Gasteiger charge is 2.21. The summed E-state index contributed by atoms with van der Waals surface area (Å²) >= 11 is 0. The molecule has 1 aliphatic rings. The molecule has 0 saturated heterocycles. The third-order valence-electron chi connectivity index (χ3n) is 6.25. The molecule has 42 heavy (non-hydrogen) atoms. The van der Waals surface area contributed by atoms with Crippen LogP contribution in [0.25, 0.3) is 0 Å². The number of rotatable bonds is 14. The quantitative estimate of drug-likeness (QED) is 0.137. The van der Waals surface area contributed by atoms with Crippen LogP contribution in [0.5, 0.6) is 0 Å². The zero-order valence-electron chi connectivity index (χ0n) is 26.3. The van der Waals surface area contributed by atoms with Gasteiger partial charge < -0.3 is 18.9 Å². The molecule has 1 aliphatic carbocycles. The highest BCUT2D eigenvalue weighted by atomic mass is 16.5. The first-order valence-electron chi connectivity index (χ1n) is 15.2. The lowest BCUT2D eigenvalue weighted by Crippen LogP contribution is -2.16. The van der Waals surface area contributed by atoms with Gasteiger partial charge in [0.25, 0.3) is 0 Å². The van der Waals surface area contributed by atoms with Gasteiger partial charge in [-0.3, -0.25) is 0 Å². The molecule has 1 fully saturated rings. The summed E-state index contributed by atoms with van der Waals surface area (Å²) in [6.45, 7) is 12.6. The number of carbonyl (C=O) groups excluding carboxylic acids is 4. The Morgan fingerprint density at radius 2 is 1.24 bits per heavy atom. The van der Waals surface area contributed by atoms with Crippen molar-refractivity contribution in [3.05, 3.63) is 59.2 Å². The minimum Gasteiger partial charge on any atom is -0.463 e. The first-order valence-corrected chi connectivity index (χ1v) is 15.2. The first kappa shape index (κ1) is 36.6. The number of carbonyl (C=O) groups is 4. The maximum Gasteiger partial charge on any atom is 0.334 e. The molecule has 1 saturated carbocycles. The Hall–Kier alpha value is -3.42. The smallest absolute Gasteiger partial charge is 0.334 e. The minimum atomic E-state index is -0.508. The third kappa shape index (κ3) is 16.7. The van der Waals surface area contributed by atoms with Crippen molar-refractivity contribution in [2.75, 3.05) is 26.4 Å². The first-order chi connectivity index (χ1) is 20.0. The Morgan fingerprint density at radius 3 is 1.81 bits per heavy atom. The van der Waals surface area contributed by atoms with Gasteiger partial charge >= 0.3 is 23.9 Å². The molecule has 1 aromatic carbocycles. The summed E-state index contributed by atoms with van der Waals surface area (Å²) in [6, 6.07) is 9.50. The van der Waals surface area contributed by atoms with Gasteiger partial charge in [-0.25, -0.2) is 19.2 Å². The summed E-state index contributed by atoms with van der Waals surface area (Å²) in [5.74, 6) is -0.848. The zero-order chi connectivity index (χ0) is 31.3. The van der Waals surface area contributed by atoms with E-state index in [-0.39, 0.29) is 17.8 Å². The SMILES string of the molecule is CC(C)COC(=O)C=C(Cc1ccccc1)C(=O)OCC(C)C.CCOC(=O)C=C(CC1CCCCC1)C(=O)OCC. The highest BCUT2D eigenvalue weighted by molar-refractivity contribution is 5.97. The summed E-state index contributed by atoms with van der Waals surface area (Å²) < 4.78 is 20.2. The summed E-state index contributed by atoms with van der Waals surface area (Å²) in [5.41, 5.74) is 1.70. The number of esters is 4. The lowest BCUT2D eigenvalue weighted by molar-refractivity contribution is -0.142. The van der Waals surface area contributed by atoms with Gasteiger partial charge in [-0.15, -0.1) is 0 Å². The van der Waals surface area contributed by atoms with Crippen molar-refractivity contribution >= 4 is 23.9 Å². The lowest BCUT2D eigenvalue weighted by Gasteiger charge is -2.22. The zero-order valence-corrected chi connectivity index (χ0v) is 26.3. The van der Waals surface area contributed by atoms with Crippen molar-refractivity contribution < 1.29 is 38.1 Å². The van der Waals surface area contributed by atoms with Crippen molar-refractivity contribution in [2.45, 2.75) is 86.5 Å².